The van der Waals surface area contributed by atoms with E-state index in [2.05, 4.69) is 4.74 Å². The maximum atomic E-state index is 12.4. The van der Waals surface area contributed by atoms with Crippen LogP contribution in [0.4, 0.5) is 0 Å². The normalized spacial score (nSPS) is 17.1. The summed E-state index contributed by atoms with van der Waals surface area (Å²) in [6, 6.07) is 6.41. The number of furan rings is 1. The molecule has 1 aromatic heterocycles. The lowest BCUT2D eigenvalue weighted by Gasteiger charge is -2.36. The van der Waals surface area contributed by atoms with Gasteiger partial charge < -0.3 is 9.15 Å². The number of sulfonamides is 1. The third-order valence-corrected chi connectivity index (χ3v) is 5.27. The number of carbonyl (C=O) groups is 1. The van der Waals surface area contributed by atoms with Crippen molar-refractivity contribution in [3.8, 4) is 0 Å². The molecule has 0 saturated carbocycles. The van der Waals surface area contributed by atoms with Gasteiger partial charge in [0.05, 0.1) is 24.2 Å². The summed E-state index contributed by atoms with van der Waals surface area (Å²) in [4.78, 5) is 11.5. The van der Waals surface area contributed by atoms with Gasteiger partial charge in [0.2, 0.25) is 10.0 Å². The third kappa shape index (κ3) is 1.99. The van der Waals surface area contributed by atoms with E-state index in [0.29, 0.717) is 5.58 Å². The minimum absolute atomic E-state index is 0.165. The third-order valence-electron chi connectivity index (χ3n) is 3.44. The fraction of sp³-hybridized carbons (Fsp3) is 0.308. The highest BCUT2D eigenvalue weighted by Crippen LogP contribution is 2.28. The van der Waals surface area contributed by atoms with Crippen LogP contribution in [0.1, 0.15) is 0 Å². The first-order valence-electron chi connectivity index (χ1n) is 6.07. The number of rotatable bonds is 3. The second-order valence-electron chi connectivity index (χ2n) is 4.66. The van der Waals surface area contributed by atoms with E-state index >= 15 is 0 Å². The van der Waals surface area contributed by atoms with Gasteiger partial charge in [-0.25, -0.2) is 8.42 Å². The van der Waals surface area contributed by atoms with Crippen molar-refractivity contribution in [2.45, 2.75) is 4.90 Å². The number of hydrogen-bond acceptors (Lipinski definition) is 5. The Morgan fingerprint density at radius 1 is 1.35 bits per heavy atom. The number of benzene rings is 1. The van der Waals surface area contributed by atoms with Gasteiger partial charge in [-0.3, -0.25) is 4.79 Å². The SMILES string of the molecule is COC(=O)C1CN(S(=O)(=O)c2ccc3occc3c2)C1. The first-order chi connectivity index (χ1) is 9.52. The molecule has 0 aliphatic carbocycles. The minimum atomic E-state index is -3.56. The van der Waals surface area contributed by atoms with Gasteiger partial charge in [0.1, 0.15) is 5.58 Å². The van der Waals surface area contributed by atoms with Crippen LogP contribution in [-0.2, 0) is 19.6 Å². The Bertz CT molecular complexity index is 758. The molecule has 3 rings (SSSR count). The molecule has 20 heavy (non-hydrogen) atoms. The summed E-state index contributed by atoms with van der Waals surface area (Å²) in [5.41, 5.74) is 0.639. The number of esters is 1. The predicted octanol–water partition coefficient (Wildman–Crippen LogP) is 1.23. The van der Waals surface area contributed by atoms with Gasteiger partial charge in [-0.1, -0.05) is 0 Å². The van der Waals surface area contributed by atoms with E-state index in [1.165, 1.54) is 23.7 Å². The maximum absolute atomic E-state index is 12.4. The molecule has 1 aromatic carbocycles. The first-order valence-corrected chi connectivity index (χ1v) is 7.51. The van der Waals surface area contributed by atoms with E-state index in [9.17, 15) is 13.2 Å². The van der Waals surface area contributed by atoms with E-state index in [1.54, 1.807) is 18.2 Å². The highest BCUT2D eigenvalue weighted by atomic mass is 32.2. The molecule has 7 heteroatoms. The van der Waals surface area contributed by atoms with Gasteiger partial charge in [0, 0.05) is 18.5 Å². The Balaban J connectivity index is 1.84. The topological polar surface area (TPSA) is 76.8 Å². The van der Waals surface area contributed by atoms with Gasteiger partial charge in [-0.05, 0) is 24.3 Å². The lowest BCUT2D eigenvalue weighted by Crippen LogP contribution is -2.53. The summed E-state index contributed by atoms with van der Waals surface area (Å²) in [6.07, 6.45) is 1.51. The zero-order valence-corrected chi connectivity index (χ0v) is 11.6. The Morgan fingerprint density at radius 2 is 2.10 bits per heavy atom. The molecule has 0 N–H and O–H groups in total. The predicted molar refractivity (Wildman–Crippen MR) is 70.5 cm³/mol. The smallest absolute Gasteiger partial charge is 0.311 e. The van der Waals surface area contributed by atoms with Crippen LogP contribution in [0.25, 0.3) is 11.0 Å². The molecular formula is C13H13NO5S. The van der Waals surface area contributed by atoms with Gasteiger partial charge in [-0.15, -0.1) is 0 Å². The molecule has 1 saturated heterocycles. The Morgan fingerprint density at radius 3 is 2.80 bits per heavy atom. The number of nitrogens with zero attached hydrogens (tertiary/aromatic N) is 1. The van der Waals surface area contributed by atoms with Crippen molar-refractivity contribution in [3.05, 3.63) is 30.5 Å². The molecule has 0 unspecified atom stereocenters. The lowest BCUT2D eigenvalue weighted by atomic mass is 10.0. The first kappa shape index (κ1) is 13.1. The number of hydrogen-bond donors (Lipinski definition) is 0. The average molecular weight is 295 g/mol. The van der Waals surface area contributed by atoms with E-state index < -0.39 is 10.0 Å². The number of fused-ring (bicyclic) bond motifs is 1. The van der Waals surface area contributed by atoms with Crippen LogP contribution >= 0.6 is 0 Å². The minimum Gasteiger partial charge on any atom is -0.469 e. The largest absolute Gasteiger partial charge is 0.469 e. The number of carbonyl (C=O) groups excluding carboxylic acids is 1. The molecule has 1 aliphatic heterocycles. The van der Waals surface area contributed by atoms with E-state index in [4.69, 9.17) is 4.42 Å². The summed E-state index contributed by atoms with van der Waals surface area (Å²) >= 11 is 0. The monoisotopic (exact) mass is 295 g/mol. The van der Waals surface area contributed by atoms with Gasteiger partial charge in [-0.2, -0.15) is 4.31 Å². The molecule has 0 amide bonds. The van der Waals surface area contributed by atoms with Crippen LogP contribution in [0.15, 0.2) is 39.8 Å². The fourth-order valence-corrected chi connectivity index (χ4v) is 3.77. The second kappa shape index (κ2) is 4.60. The average Bonchev–Trinajstić information content (AvgIpc) is 2.83. The van der Waals surface area contributed by atoms with Crippen molar-refractivity contribution in [1.29, 1.82) is 0 Å². The summed E-state index contributed by atoms with van der Waals surface area (Å²) in [5, 5.41) is 0.733. The molecule has 0 spiro atoms. The van der Waals surface area contributed by atoms with Gasteiger partial charge in [0.25, 0.3) is 0 Å². The Hall–Kier alpha value is -1.86. The zero-order chi connectivity index (χ0) is 14.3. The van der Waals surface area contributed by atoms with E-state index in [-0.39, 0.29) is 29.9 Å². The van der Waals surface area contributed by atoms with Crippen molar-refractivity contribution in [2.75, 3.05) is 20.2 Å². The standard InChI is InChI=1S/C13H13NO5S/c1-18-13(15)10-7-14(8-10)20(16,17)11-2-3-12-9(6-11)4-5-19-12/h2-6,10H,7-8H2,1H3. The zero-order valence-electron chi connectivity index (χ0n) is 10.8. The van der Waals surface area contributed by atoms with Gasteiger partial charge >= 0.3 is 5.97 Å². The van der Waals surface area contributed by atoms with Crippen molar-refractivity contribution in [3.63, 3.8) is 0 Å². The summed E-state index contributed by atoms with van der Waals surface area (Å²) < 4.78 is 35.8. The van der Waals surface area contributed by atoms with Crippen LogP contribution < -0.4 is 0 Å². The van der Waals surface area contributed by atoms with Crippen LogP contribution in [0.3, 0.4) is 0 Å². The molecule has 2 heterocycles. The molecule has 1 aliphatic rings. The Kier molecular flexibility index (Phi) is 3.02. The Labute approximate surface area is 116 Å². The van der Waals surface area contributed by atoms with Crippen molar-refractivity contribution >= 4 is 27.0 Å². The summed E-state index contributed by atoms with van der Waals surface area (Å²) in [5.74, 6) is -0.742. The highest BCUT2D eigenvalue weighted by molar-refractivity contribution is 7.89. The van der Waals surface area contributed by atoms with E-state index in [0.717, 1.165) is 5.39 Å². The number of ether oxygens (including phenoxy) is 1. The van der Waals surface area contributed by atoms with Crippen LogP contribution in [0.2, 0.25) is 0 Å². The quantitative estimate of drug-likeness (QED) is 0.796. The maximum Gasteiger partial charge on any atom is 0.311 e. The lowest BCUT2D eigenvalue weighted by molar-refractivity contribution is -0.149. The molecule has 1 fully saturated rings. The van der Waals surface area contributed by atoms with Crippen molar-refractivity contribution in [2.24, 2.45) is 5.92 Å². The molecular weight excluding hydrogens is 282 g/mol. The summed E-state index contributed by atoms with van der Waals surface area (Å²) in [6.45, 7) is 0.330. The molecule has 106 valence electrons. The molecule has 0 bridgehead atoms. The highest BCUT2D eigenvalue weighted by Gasteiger charge is 2.41. The number of methoxy groups -OCH3 is 1. The van der Waals surface area contributed by atoms with E-state index in [1.807, 2.05) is 0 Å². The van der Waals surface area contributed by atoms with Gasteiger partial charge in [0.15, 0.2) is 0 Å². The molecule has 0 atom stereocenters. The molecule has 6 nitrogen and oxygen atoms in total. The van der Waals surface area contributed by atoms with Crippen molar-refractivity contribution < 1.29 is 22.4 Å². The van der Waals surface area contributed by atoms with Crippen LogP contribution in [0.5, 0.6) is 0 Å². The molecule has 2 aromatic rings. The second-order valence-corrected chi connectivity index (χ2v) is 6.60. The fourth-order valence-electron chi connectivity index (χ4n) is 2.20. The van der Waals surface area contributed by atoms with Crippen molar-refractivity contribution in [1.82, 2.24) is 4.31 Å². The van der Waals surface area contributed by atoms with Crippen LogP contribution in [0, 0.1) is 5.92 Å². The van der Waals surface area contributed by atoms with Crippen LogP contribution in [-0.4, -0.2) is 38.9 Å². The molecule has 0 radical (unpaired) electrons. The summed E-state index contributed by atoms with van der Waals surface area (Å²) in [7, 11) is -2.26.